The molecule has 24 heavy (non-hydrogen) atoms. The normalized spacial score (nSPS) is 11.5. The molecule has 0 atom stereocenters. The molecule has 2 N–H and O–H groups in total. The van der Waals surface area contributed by atoms with E-state index in [0.29, 0.717) is 12.0 Å². The molecular formula is C19H15IN2O2. The number of rotatable bonds is 4. The lowest BCUT2D eigenvalue weighted by Gasteiger charge is -2.06. The molecule has 0 spiro atoms. The second kappa shape index (κ2) is 7.44. The van der Waals surface area contributed by atoms with Crippen molar-refractivity contribution in [2.75, 3.05) is 0 Å². The highest BCUT2D eigenvalue weighted by Gasteiger charge is 2.08. The fraction of sp³-hybridized carbons (Fsp3) is 0.0526. The largest absolute Gasteiger partial charge is 0.384 e. The summed E-state index contributed by atoms with van der Waals surface area (Å²) in [6.45, 7) is 0. The average Bonchev–Trinajstić information content (AvgIpc) is 2.60. The number of fused-ring (bicyclic) bond motifs is 1. The van der Waals surface area contributed by atoms with Crippen LogP contribution in [0.4, 0.5) is 0 Å². The van der Waals surface area contributed by atoms with E-state index in [1.165, 1.54) is 0 Å². The van der Waals surface area contributed by atoms with Crippen LogP contribution in [0.2, 0.25) is 0 Å². The van der Waals surface area contributed by atoms with Crippen molar-refractivity contribution >= 4 is 45.2 Å². The van der Waals surface area contributed by atoms with E-state index in [9.17, 15) is 4.79 Å². The number of benzene rings is 3. The molecule has 5 heteroatoms. The zero-order valence-electron chi connectivity index (χ0n) is 12.8. The van der Waals surface area contributed by atoms with E-state index in [4.69, 9.17) is 10.6 Å². The van der Waals surface area contributed by atoms with Crippen LogP contribution < -0.4 is 5.73 Å². The highest BCUT2D eigenvalue weighted by atomic mass is 127. The molecular weight excluding hydrogens is 415 g/mol. The lowest BCUT2D eigenvalue weighted by molar-refractivity contribution is 0.0515. The van der Waals surface area contributed by atoms with Crippen molar-refractivity contribution < 1.29 is 9.63 Å². The van der Waals surface area contributed by atoms with Gasteiger partial charge in [0.1, 0.15) is 5.84 Å². The van der Waals surface area contributed by atoms with Crippen LogP contribution in [-0.4, -0.2) is 11.8 Å². The smallest absolute Gasteiger partial charge is 0.365 e. The summed E-state index contributed by atoms with van der Waals surface area (Å²) < 4.78 is 0.953. The monoisotopic (exact) mass is 430 g/mol. The third kappa shape index (κ3) is 3.91. The Morgan fingerprint density at radius 1 is 1.04 bits per heavy atom. The molecule has 3 aromatic rings. The molecule has 0 amide bonds. The third-order valence-corrected chi connectivity index (χ3v) is 4.23. The Balaban J connectivity index is 1.73. The second-order valence-electron chi connectivity index (χ2n) is 5.29. The summed E-state index contributed by atoms with van der Waals surface area (Å²) in [7, 11) is 0. The molecule has 0 aliphatic rings. The molecule has 0 aromatic heterocycles. The molecule has 0 heterocycles. The number of carbonyl (C=O) groups excluding carboxylic acids is 1. The number of nitrogens with zero attached hydrogens (tertiary/aromatic N) is 1. The maximum atomic E-state index is 12.0. The van der Waals surface area contributed by atoms with Crippen molar-refractivity contribution in [3.63, 3.8) is 0 Å². The summed E-state index contributed by atoms with van der Waals surface area (Å²) in [6.07, 6.45) is 0.418. The molecule has 0 unspecified atom stereocenters. The first kappa shape index (κ1) is 16.4. The van der Waals surface area contributed by atoms with Gasteiger partial charge in [0.05, 0.1) is 5.56 Å². The highest BCUT2D eigenvalue weighted by molar-refractivity contribution is 14.1. The van der Waals surface area contributed by atoms with Crippen LogP contribution in [0.3, 0.4) is 0 Å². The van der Waals surface area contributed by atoms with E-state index < -0.39 is 5.97 Å². The summed E-state index contributed by atoms with van der Waals surface area (Å²) in [4.78, 5) is 16.9. The fourth-order valence-corrected chi connectivity index (χ4v) is 2.99. The second-order valence-corrected chi connectivity index (χ2v) is 6.53. The fourth-order valence-electron chi connectivity index (χ4n) is 2.44. The first-order chi connectivity index (χ1) is 11.6. The SMILES string of the molecule is N/C(Cc1cccc2ccccc12)=N/OC(=O)c1cccc(I)c1. The summed E-state index contributed by atoms with van der Waals surface area (Å²) in [6, 6.07) is 21.2. The Morgan fingerprint density at radius 3 is 2.62 bits per heavy atom. The van der Waals surface area contributed by atoms with Gasteiger partial charge in [-0.05, 0) is 57.1 Å². The van der Waals surface area contributed by atoms with Crippen molar-refractivity contribution in [2.24, 2.45) is 10.9 Å². The summed E-state index contributed by atoms with van der Waals surface area (Å²) in [5, 5.41) is 6.03. The lowest BCUT2D eigenvalue weighted by atomic mass is 10.0. The number of halogens is 1. The van der Waals surface area contributed by atoms with E-state index in [-0.39, 0.29) is 5.84 Å². The summed E-state index contributed by atoms with van der Waals surface area (Å²) in [5.74, 6) is -0.264. The summed E-state index contributed by atoms with van der Waals surface area (Å²) >= 11 is 2.14. The van der Waals surface area contributed by atoms with E-state index in [1.54, 1.807) is 18.2 Å². The van der Waals surface area contributed by atoms with Gasteiger partial charge in [-0.2, -0.15) is 0 Å². The van der Waals surface area contributed by atoms with Gasteiger partial charge in [0, 0.05) is 9.99 Å². The first-order valence-electron chi connectivity index (χ1n) is 7.39. The number of oxime groups is 1. The highest BCUT2D eigenvalue weighted by Crippen LogP contribution is 2.19. The van der Waals surface area contributed by atoms with Gasteiger partial charge < -0.3 is 10.6 Å². The van der Waals surface area contributed by atoms with Crippen molar-refractivity contribution in [3.05, 3.63) is 81.4 Å². The first-order valence-corrected chi connectivity index (χ1v) is 8.47. The Labute approximate surface area is 153 Å². The number of carbonyl (C=O) groups is 1. The number of hydrogen-bond donors (Lipinski definition) is 1. The molecule has 3 rings (SSSR count). The van der Waals surface area contributed by atoms with Crippen LogP contribution in [0, 0.1) is 3.57 Å². The van der Waals surface area contributed by atoms with Gasteiger partial charge in [-0.25, -0.2) is 4.79 Å². The Bertz CT molecular complexity index is 917. The van der Waals surface area contributed by atoms with Gasteiger partial charge in [-0.1, -0.05) is 53.7 Å². The van der Waals surface area contributed by atoms with Gasteiger partial charge >= 0.3 is 5.97 Å². The predicted octanol–water partition coefficient (Wildman–Crippen LogP) is 4.12. The molecule has 0 aliphatic carbocycles. The van der Waals surface area contributed by atoms with Crippen LogP contribution in [0.25, 0.3) is 10.8 Å². The van der Waals surface area contributed by atoms with Crippen molar-refractivity contribution in [1.82, 2.24) is 0 Å². The van der Waals surface area contributed by atoms with Crippen molar-refractivity contribution in [3.8, 4) is 0 Å². The number of hydrogen-bond acceptors (Lipinski definition) is 3. The quantitative estimate of drug-likeness (QED) is 0.223. The van der Waals surface area contributed by atoms with E-state index >= 15 is 0 Å². The Morgan fingerprint density at radius 2 is 1.79 bits per heavy atom. The zero-order chi connectivity index (χ0) is 16.9. The molecule has 0 bridgehead atoms. The van der Waals surface area contributed by atoms with Crippen LogP contribution in [0.15, 0.2) is 71.9 Å². The van der Waals surface area contributed by atoms with Crippen molar-refractivity contribution in [1.29, 1.82) is 0 Å². The van der Waals surface area contributed by atoms with Crippen LogP contribution in [-0.2, 0) is 11.3 Å². The zero-order valence-corrected chi connectivity index (χ0v) is 14.9. The maximum absolute atomic E-state index is 12.0. The molecule has 0 fully saturated rings. The van der Waals surface area contributed by atoms with Gasteiger partial charge in [-0.15, -0.1) is 0 Å². The van der Waals surface area contributed by atoms with Gasteiger partial charge in [0.2, 0.25) is 0 Å². The Kier molecular flexibility index (Phi) is 5.10. The molecule has 0 radical (unpaired) electrons. The standard InChI is InChI=1S/C19H15IN2O2/c20-16-9-4-8-15(11-16)19(23)24-22-18(21)12-14-7-3-6-13-5-1-2-10-17(13)14/h1-11H,12H2,(H2,21,22). The van der Waals surface area contributed by atoms with Crippen LogP contribution >= 0.6 is 22.6 Å². The number of amidine groups is 1. The summed E-state index contributed by atoms with van der Waals surface area (Å²) in [5.41, 5.74) is 7.41. The van der Waals surface area contributed by atoms with E-state index in [2.05, 4.69) is 27.7 Å². The average molecular weight is 430 g/mol. The van der Waals surface area contributed by atoms with E-state index in [0.717, 1.165) is 19.9 Å². The molecule has 0 saturated carbocycles. The molecule has 0 saturated heterocycles. The van der Waals surface area contributed by atoms with Crippen molar-refractivity contribution in [2.45, 2.75) is 6.42 Å². The van der Waals surface area contributed by atoms with E-state index in [1.807, 2.05) is 48.5 Å². The van der Waals surface area contributed by atoms with Crippen LogP contribution in [0.5, 0.6) is 0 Å². The number of nitrogens with two attached hydrogens (primary N) is 1. The molecule has 120 valence electrons. The molecule has 0 aliphatic heterocycles. The lowest BCUT2D eigenvalue weighted by Crippen LogP contribution is -2.17. The van der Waals surface area contributed by atoms with Gasteiger partial charge in [-0.3, -0.25) is 0 Å². The predicted molar refractivity (Wildman–Crippen MR) is 104 cm³/mol. The van der Waals surface area contributed by atoms with Crippen LogP contribution in [0.1, 0.15) is 15.9 Å². The Hall–Kier alpha value is -2.41. The third-order valence-electron chi connectivity index (χ3n) is 3.56. The topological polar surface area (TPSA) is 64.7 Å². The van der Waals surface area contributed by atoms with Gasteiger partial charge in [0.15, 0.2) is 0 Å². The minimum atomic E-state index is -0.519. The molecule has 3 aromatic carbocycles. The molecule has 4 nitrogen and oxygen atoms in total. The maximum Gasteiger partial charge on any atom is 0.365 e. The minimum Gasteiger partial charge on any atom is -0.384 e. The minimum absolute atomic E-state index is 0.255. The van der Waals surface area contributed by atoms with Gasteiger partial charge in [0.25, 0.3) is 0 Å².